The Balaban J connectivity index is 1.65. The van der Waals surface area contributed by atoms with Gasteiger partial charge in [0.15, 0.2) is 0 Å². The lowest BCUT2D eigenvalue weighted by Gasteiger charge is -2.32. The monoisotopic (exact) mass is 357 g/mol. The van der Waals surface area contributed by atoms with Gasteiger partial charge in [0.05, 0.1) is 0 Å². The normalized spacial score (nSPS) is 16.0. The summed E-state index contributed by atoms with van der Waals surface area (Å²) in [4.78, 5) is 20.1. The molecule has 0 spiro atoms. The number of rotatable bonds is 3. The van der Waals surface area contributed by atoms with Gasteiger partial charge in [0, 0.05) is 30.9 Å². The third-order valence-corrected chi connectivity index (χ3v) is 3.82. The topological polar surface area (TPSA) is 104 Å². The highest BCUT2D eigenvalue weighted by Crippen LogP contribution is 2.29. The molecule has 11 heteroatoms. The zero-order valence-corrected chi connectivity index (χ0v) is 12.8. The molecular formula is C14H14F3N5O3. The van der Waals surface area contributed by atoms with Gasteiger partial charge in [-0.15, -0.1) is 0 Å². The minimum absolute atomic E-state index is 0.0897. The molecule has 3 heterocycles. The molecule has 1 fully saturated rings. The highest BCUT2D eigenvalue weighted by atomic mass is 19.4. The average Bonchev–Trinajstić information content (AvgIpc) is 3.05. The van der Waals surface area contributed by atoms with Crippen molar-refractivity contribution in [1.82, 2.24) is 20.4 Å². The molecule has 8 nitrogen and oxygen atoms in total. The molecule has 0 atom stereocenters. The van der Waals surface area contributed by atoms with Gasteiger partial charge in [-0.3, -0.25) is 0 Å². The number of alkyl halides is 3. The first-order valence-corrected chi connectivity index (χ1v) is 7.44. The largest absolute Gasteiger partial charge is 0.471 e. The van der Waals surface area contributed by atoms with Crippen LogP contribution in [0.15, 0.2) is 22.9 Å². The Morgan fingerprint density at radius 2 is 2.04 bits per heavy atom. The lowest BCUT2D eigenvalue weighted by molar-refractivity contribution is -0.159. The Hall–Kier alpha value is -2.85. The first-order chi connectivity index (χ1) is 11.8. The fraction of sp³-hybridized carbons (Fsp3) is 0.429. The van der Waals surface area contributed by atoms with Crippen molar-refractivity contribution in [2.45, 2.75) is 25.1 Å². The predicted octanol–water partition coefficient (Wildman–Crippen LogP) is 2.39. The van der Waals surface area contributed by atoms with E-state index in [1.54, 1.807) is 12.1 Å². The van der Waals surface area contributed by atoms with Crippen molar-refractivity contribution in [2.24, 2.45) is 0 Å². The van der Waals surface area contributed by atoms with Crippen LogP contribution in [0.25, 0.3) is 11.4 Å². The highest BCUT2D eigenvalue weighted by molar-refractivity contribution is 5.65. The molecule has 0 aromatic carbocycles. The van der Waals surface area contributed by atoms with Crippen LogP contribution < -0.4 is 10.2 Å². The molecule has 0 radical (unpaired) electrons. The van der Waals surface area contributed by atoms with Gasteiger partial charge < -0.3 is 19.8 Å². The molecule has 0 bridgehead atoms. The number of amides is 1. The molecule has 3 rings (SSSR count). The zero-order valence-electron chi connectivity index (χ0n) is 12.8. The second-order valence-electron chi connectivity index (χ2n) is 5.54. The van der Waals surface area contributed by atoms with Crippen LogP contribution in [0.4, 0.5) is 23.8 Å². The van der Waals surface area contributed by atoms with Gasteiger partial charge in [0.2, 0.25) is 5.82 Å². The van der Waals surface area contributed by atoms with Gasteiger partial charge in [-0.1, -0.05) is 5.16 Å². The smallest absolute Gasteiger partial charge is 0.465 e. The van der Waals surface area contributed by atoms with Crippen LogP contribution in [-0.2, 0) is 6.18 Å². The van der Waals surface area contributed by atoms with Crippen molar-refractivity contribution in [3.63, 3.8) is 0 Å². The molecule has 25 heavy (non-hydrogen) atoms. The standard InChI is InChI=1S/C14H14F3N5O3/c15-14(16,17)12-20-11(21-25-12)8-1-2-10(18-7-8)22-5-3-9(4-6-22)19-13(23)24/h1-2,7,9,19H,3-6H2,(H,23,24). The second-order valence-corrected chi connectivity index (χ2v) is 5.54. The zero-order chi connectivity index (χ0) is 18.0. The summed E-state index contributed by atoms with van der Waals surface area (Å²) in [5.74, 6) is -0.938. The maximum absolute atomic E-state index is 12.5. The van der Waals surface area contributed by atoms with E-state index in [4.69, 9.17) is 5.11 Å². The molecule has 2 aromatic heterocycles. The van der Waals surface area contributed by atoms with Crippen molar-refractivity contribution >= 4 is 11.9 Å². The fourth-order valence-electron chi connectivity index (χ4n) is 2.59. The van der Waals surface area contributed by atoms with Crippen LogP contribution >= 0.6 is 0 Å². The highest BCUT2D eigenvalue weighted by Gasteiger charge is 2.38. The van der Waals surface area contributed by atoms with E-state index in [1.165, 1.54) is 6.20 Å². The van der Waals surface area contributed by atoms with Crippen molar-refractivity contribution < 1.29 is 27.6 Å². The Bertz CT molecular complexity index is 739. The third-order valence-electron chi connectivity index (χ3n) is 3.82. The predicted molar refractivity (Wildman–Crippen MR) is 78.9 cm³/mol. The minimum Gasteiger partial charge on any atom is -0.465 e. The van der Waals surface area contributed by atoms with Crippen LogP contribution in [0.1, 0.15) is 18.7 Å². The summed E-state index contributed by atoms with van der Waals surface area (Å²) in [5, 5.41) is 14.5. The molecule has 0 unspecified atom stereocenters. The quantitative estimate of drug-likeness (QED) is 0.869. The van der Waals surface area contributed by atoms with E-state index in [2.05, 4.69) is 25.0 Å². The fourth-order valence-corrected chi connectivity index (χ4v) is 2.59. The Morgan fingerprint density at radius 1 is 1.32 bits per heavy atom. The maximum Gasteiger partial charge on any atom is 0.471 e. The van der Waals surface area contributed by atoms with Crippen LogP contribution in [0.3, 0.4) is 0 Å². The van der Waals surface area contributed by atoms with Gasteiger partial charge >= 0.3 is 18.2 Å². The summed E-state index contributed by atoms with van der Waals surface area (Å²) in [6.45, 7) is 1.25. The van der Waals surface area contributed by atoms with E-state index < -0.39 is 18.2 Å². The van der Waals surface area contributed by atoms with Crippen LogP contribution in [0.2, 0.25) is 0 Å². The Morgan fingerprint density at radius 3 is 2.56 bits per heavy atom. The lowest BCUT2D eigenvalue weighted by atomic mass is 10.1. The number of pyridine rings is 1. The summed E-state index contributed by atoms with van der Waals surface area (Å²) in [6.07, 6.45) is -3.06. The van der Waals surface area contributed by atoms with Gasteiger partial charge in [-0.2, -0.15) is 18.2 Å². The maximum atomic E-state index is 12.5. The van der Waals surface area contributed by atoms with E-state index in [0.717, 1.165) is 0 Å². The molecular weight excluding hydrogens is 343 g/mol. The van der Waals surface area contributed by atoms with Gasteiger partial charge in [0.1, 0.15) is 5.82 Å². The van der Waals surface area contributed by atoms with Gasteiger partial charge in [0.25, 0.3) is 0 Å². The Labute approximate surface area is 139 Å². The molecule has 1 amide bonds. The summed E-state index contributed by atoms with van der Waals surface area (Å²) in [7, 11) is 0. The van der Waals surface area contributed by atoms with E-state index in [-0.39, 0.29) is 11.9 Å². The number of aromatic nitrogens is 3. The molecule has 2 aromatic rings. The van der Waals surface area contributed by atoms with E-state index in [0.29, 0.717) is 37.3 Å². The van der Waals surface area contributed by atoms with Crippen LogP contribution in [-0.4, -0.2) is 45.5 Å². The van der Waals surface area contributed by atoms with Crippen molar-refractivity contribution in [1.29, 1.82) is 0 Å². The molecule has 134 valence electrons. The van der Waals surface area contributed by atoms with E-state index in [9.17, 15) is 18.0 Å². The second kappa shape index (κ2) is 6.57. The van der Waals surface area contributed by atoms with Crippen LogP contribution in [0, 0.1) is 0 Å². The average molecular weight is 357 g/mol. The first-order valence-electron chi connectivity index (χ1n) is 7.44. The molecule has 0 saturated carbocycles. The SMILES string of the molecule is O=C(O)NC1CCN(c2ccc(-c3noc(C(F)(F)F)n3)cn2)CC1. The number of halogens is 3. The number of anilines is 1. The Kier molecular flexibility index (Phi) is 4.47. The molecule has 0 aliphatic carbocycles. The minimum atomic E-state index is -4.69. The number of carboxylic acid groups (broad SMARTS) is 1. The van der Waals surface area contributed by atoms with Crippen LogP contribution in [0.5, 0.6) is 0 Å². The van der Waals surface area contributed by atoms with Crippen molar-refractivity contribution in [3.05, 3.63) is 24.2 Å². The number of piperidine rings is 1. The van der Waals surface area contributed by atoms with Gasteiger partial charge in [-0.05, 0) is 25.0 Å². The van der Waals surface area contributed by atoms with E-state index in [1.807, 2.05) is 4.90 Å². The summed E-state index contributed by atoms with van der Waals surface area (Å²) >= 11 is 0. The molecule has 1 saturated heterocycles. The van der Waals surface area contributed by atoms with Gasteiger partial charge in [-0.25, -0.2) is 9.78 Å². The number of nitrogens with one attached hydrogen (secondary N) is 1. The first kappa shape index (κ1) is 17.0. The molecule has 2 N–H and O–H groups in total. The summed E-state index contributed by atoms with van der Waals surface area (Å²) < 4.78 is 41.6. The number of hydrogen-bond acceptors (Lipinski definition) is 6. The third kappa shape index (κ3) is 3.98. The number of hydrogen-bond donors (Lipinski definition) is 2. The van der Waals surface area contributed by atoms with Crippen molar-refractivity contribution in [2.75, 3.05) is 18.0 Å². The lowest BCUT2D eigenvalue weighted by Crippen LogP contribution is -2.44. The molecule has 1 aliphatic rings. The van der Waals surface area contributed by atoms with E-state index >= 15 is 0 Å². The summed E-state index contributed by atoms with van der Waals surface area (Å²) in [5.41, 5.74) is 0.311. The number of nitrogens with zero attached hydrogens (tertiary/aromatic N) is 4. The number of carbonyl (C=O) groups is 1. The summed E-state index contributed by atoms with van der Waals surface area (Å²) in [6, 6.07) is 3.13. The van der Waals surface area contributed by atoms with Crippen molar-refractivity contribution in [3.8, 4) is 11.4 Å². The molecule has 1 aliphatic heterocycles.